The first kappa shape index (κ1) is 16.9. The Morgan fingerprint density at radius 1 is 1.04 bits per heavy atom. The standard InChI is InChI=1S/C17H11F3N2O3S/c18-17(19,20)10-4-2-6-12-14(10)22-13-9(3-1-5-11(13)26-12)15(24)21(7-8-23)16(22)25/h1-6,23H,7-8H2. The summed E-state index contributed by atoms with van der Waals surface area (Å²) < 4.78 is 42.4. The van der Waals surface area contributed by atoms with Crippen molar-refractivity contribution in [3.8, 4) is 5.69 Å². The second kappa shape index (κ2) is 5.75. The van der Waals surface area contributed by atoms with E-state index in [-0.39, 0.29) is 28.0 Å². The van der Waals surface area contributed by atoms with Crippen molar-refractivity contribution in [3.63, 3.8) is 0 Å². The molecule has 2 aromatic carbocycles. The molecule has 3 aromatic rings. The molecule has 134 valence electrons. The van der Waals surface area contributed by atoms with Crippen LogP contribution in [0.25, 0.3) is 16.6 Å². The summed E-state index contributed by atoms with van der Waals surface area (Å²) in [6.07, 6.45) is -4.66. The van der Waals surface area contributed by atoms with Crippen LogP contribution in [-0.4, -0.2) is 20.8 Å². The molecule has 1 aliphatic heterocycles. The van der Waals surface area contributed by atoms with Crippen molar-refractivity contribution in [2.24, 2.45) is 0 Å². The molecule has 4 rings (SSSR count). The number of para-hydroxylation sites is 2. The molecule has 0 atom stereocenters. The van der Waals surface area contributed by atoms with Crippen molar-refractivity contribution in [3.05, 3.63) is 62.8 Å². The monoisotopic (exact) mass is 380 g/mol. The number of nitrogens with zero attached hydrogens (tertiary/aromatic N) is 2. The zero-order valence-corrected chi connectivity index (χ0v) is 13.9. The van der Waals surface area contributed by atoms with Crippen molar-refractivity contribution < 1.29 is 18.3 Å². The molecule has 0 saturated heterocycles. The van der Waals surface area contributed by atoms with Gasteiger partial charge in [0.25, 0.3) is 5.56 Å². The van der Waals surface area contributed by atoms with E-state index in [0.29, 0.717) is 4.90 Å². The summed E-state index contributed by atoms with van der Waals surface area (Å²) in [6.45, 7) is -0.780. The first-order valence-corrected chi connectivity index (χ1v) is 8.44. The van der Waals surface area contributed by atoms with Gasteiger partial charge in [0.1, 0.15) is 0 Å². The van der Waals surface area contributed by atoms with Gasteiger partial charge in [-0.2, -0.15) is 13.2 Å². The molecule has 1 aliphatic rings. The molecular weight excluding hydrogens is 369 g/mol. The third-order valence-corrected chi connectivity index (χ3v) is 5.29. The van der Waals surface area contributed by atoms with Gasteiger partial charge in [-0.1, -0.05) is 23.9 Å². The molecule has 0 amide bonds. The lowest BCUT2D eigenvalue weighted by Crippen LogP contribution is -2.41. The molecule has 5 nitrogen and oxygen atoms in total. The number of rotatable bonds is 2. The molecule has 0 radical (unpaired) electrons. The molecule has 1 aromatic heterocycles. The van der Waals surface area contributed by atoms with Gasteiger partial charge in [0.15, 0.2) is 0 Å². The highest BCUT2D eigenvalue weighted by Gasteiger charge is 2.37. The van der Waals surface area contributed by atoms with Gasteiger partial charge in [-0.15, -0.1) is 0 Å². The predicted octanol–water partition coefficient (Wildman–Crippen LogP) is 2.63. The molecule has 2 heterocycles. The summed E-state index contributed by atoms with van der Waals surface area (Å²) >= 11 is 1.08. The van der Waals surface area contributed by atoms with E-state index in [1.165, 1.54) is 18.2 Å². The maximum Gasteiger partial charge on any atom is 0.418 e. The lowest BCUT2D eigenvalue weighted by atomic mass is 10.1. The molecule has 1 N–H and O–H groups in total. The fourth-order valence-electron chi connectivity index (χ4n) is 3.14. The Morgan fingerprint density at radius 2 is 1.73 bits per heavy atom. The zero-order chi connectivity index (χ0) is 18.6. The van der Waals surface area contributed by atoms with E-state index in [0.717, 1.165) is 27.0 Å². The van der Waals surface area contributed by atoms with E-state index in [1.807, 2.05) is 0 Å². The topological polar surface area (TPSA) is 64.2 Å². The fraction of sp³-hybridized carbons (Fsp3) is 0.176. The van der Waals surface area contributed by atoms with Gasteiger partial charge in [0.2, 0.25) is 0 Å². The van der Waals surface area contributed by atoms with Gasteiger partial charge >= 0.3 is 11.9 Å². The van der Waals surface area contributed by atoms with Gasteiger partial charge in [-0.25, -0.2) is 4.79 Å². The van der Waals surface area contributed by atoms with Crippen molar-refractivity contribution >= 4 is 22.7 Å². The van der Waals surface area contributed by atoms with Crippen molar-refractivity contribution in [2.45, 2.75) is 22.5 Å². The van der Waals surface area contributed by atoms with E-state index in [2.05, 4.69) is 0 Å². The fourth-order valence-corrected chi connectivity index (χ4v) is 4.27. The highest BCUT2D eigenvalue weighted by Crippen LogP contribution is 2.45. The van der Waals surface area contributed by atoms with Crippen LogP contribution >= 0.6 is 11.8 Å². The van der Waals surface area contributed by atoms with Gasteiger partial charge in [0.05, 0.1) is 35.3 Å². The van der Waals surface area contributed by atoms with Crippen LogP contribution in [0.4, 0.5) is 13.2 Å². The second-order valence-corrected chi connectivity index (χ2v) is 6.79. The number of alkyl halides is 3. The molecule has 0 unspecified atom stereocenters. The van der Waals surface area contributed by atoms with E-state index in [1.54, 1.807) is 12.1 Å². The smallest absolute Gasteiger partial charge is 0.395 e. The van der Waals surface area contributed by atoms with E-state index in [4.69, 9.17) is 5.11 Å². The van der Waals surface area contributed by atoms with Crippen LogP contribution in [0, 0.1) is 0 Å². The lowest BCUT2D eigenvalue weighted by Gasteiger charge is -2.25. The molecular formula is C17H11F3N2O3S. The van der Waals surface area contributed by atoms with E-state index in [9.17, 15) is 22.8 Å². The minimum atomic E-state index is -4.66. The molecule has 0 fully saturated rings. The van der Waals surface area contributed by atoms with Crippen LogP contribution in [0.3, 0.4) is 0 Å². The Kier molecular flexibility index (Phi) is 3.74. The Labute approximate surface area is 148 Å². The molecule has 9 heteroatoms. The predicted molar refractivity (Wildman–Crippen MR) is 90.0 cm³/mol. The Hall–Kier alpha value is -2.52. The van der Waals surface area contributed by atoms with E-state index < -0.39 is 29.6 Å². The van der Waals surface area contributed by atoms with Gasteiger partial charge in [-0.3, -0.25) is 13.9 Å². The van der Waals surface area contributed by atoms with Crippen LogP contribution in [-0.2, 0) is 12.7 Å². The highest BCUT2D eigenvalue weighted by molar-refractivity contribution is 7.99. The Morgan fingerprint density at radius 3 is 2.42 bits per heavy atom. The van der Waals surface area contributed by atoms with Crippen LogP contribution in [0.5, 0.6) is 0 Å². The molecule has 0 aliphatic carbocycles. The van der Waals surface area contributed by atoms with Crippen molar-refractivity contribution in [1.29, 1.82) is 0 Å². The number of halogens is 3. The van der Waals surface area contributed by atoms with Gasteiger partial charge in [-0.05, 0) is 24.3 Å². The summed E-state index contributed by atoms with van der Waals surface area (Å²) in [4.78, 5) is 26.3. The lowest BCUT2D eigenvalue weighted by molar-refractivity contribution is -0.137. The largest absolute Gasteiger partial charge is 0.418 e. The minimum absolute atomic E-state index is 0.130. The van der Waals surface area contributed by atoms with Gasteiger partial charge in [0, 0.05) is 9.79 Å². The second-order valence-electron chi connectivity index (χ2n) is 5.70. The number of hydrogen-bond acceptors (Lipinski definition) is 4. The maximum atomic E-state index is 13.6. The summed E-state index contributed by atoms with van der Waals surface area (Å²) in [5.74, 6) is 0. The first-order chi connectivity index (χ1) is 12.3. The third kappa shape index (κ3) is 2.31. The quantitative estimate of drug-likeness (QED) is 0.581. The summed E-state index contributed by atoms with van der Waals surface area (Å²) in [5, 5.41) is 9.29. The van der Waals surface area contributed by atoms with Gasteiger partial charge < -0.3 is 5.11 Å². The summed E-state index contributed by atoms with van der Waals surface area (Å²) in [5.41, 5.74) is -2.61. The summed E-state index contributed by atoms with van der Waals surface area (Å²) in [6, 6.07) is 8.43. The average Bonchev–Trinajstić information content (AvgIpc) is 2.60. The maximum absolute atomic E-state index is 13.6. The van der Waals surface area contributed by atoms with Crippen LogP contribution < -0.4 is 11.2 Å². The van der Waals surface area contributed by atoms with Crippen molar-refractivity contribution in [2.75, 3.05) is 6.61 Å². The Balaban J connectivity index is 2.25. The normalized spacial score (nSPS) is 13.1. The average molecular weight is 380 g/mol. The number of fused-ring (bicyclic) bond motifs is 2. The number of hydrogen-bond donors (Lipinski definition) is 1. The number of aromatic nitrogens is 2. The Bertz CT molecular complexity index is 1160. The SMILES string of the molecule is O=c1c2cccc3c2n(c(=O)n1CCO)-c1c(cccc1C(F)(F)F)S3. The van der Waals surface area contributed by atoms with Crippen LogP contribution in [0.1, 0.15) is 5.56 Å². The molecule has 0 bridgehead atoms. The van der Waals surface area contributed by atoms with Crippen molar-refractivity contribution in [1.82, 2.24) is 9.13 Å². The minimum Gasteiger partial charge on any atom is -0.395 e. The first-order valence-electron chi connectivity index (χ1n) is 7.62. The van der Waals surface area contributed by atoms with Crippen LogP contribution in [0.2, 0.25) is 0 Å². The number of benzene rings is 2. The summed E-state index contributed by atoms with van der Waals surface area (Å²) in [7, 11) is 0. The molecule has 26 heavy (non-hydrogen) atoms. The zero-order valence-electron chi connectivity index (χ0n) is 13.1. The highest BCUT2D eigenvalue weighted by atomic mass is 32.2. The molecule has 0 saturated carbocycles. The third-order valence-electron chi connectivity index (χ3n) is 4.19. The number of aliphatic hydroxyl groups is 1. The van der Waals surface area contributed by atoms with Crippen LogP contribution in [0.15, 0.2) is 55.8 Å². The van der Waals surface area contributed by atoms with E-state index >= 15 is 0 Å². The molecule has 0 spiro atoms. The number of aliphatic hydroxyl groups excluding tert-OH is 1.